The Morgan fingerprint density at radius 3 is 2.19 bits per heavy atom. The molecule has 2 rings (SSSR count). The van der Waals surface area contributed by atoms with Gasteiger partial charge in [-0.15, -0.1) is 11.3 Å². The molecule has 3 N–H and O–H groups in total. The quantitative estimate of drug-likeness (QED) is 0.610. The van der Waals surface area contributed by atoms with Crippen molar-refractivity contribution in [3.8, 4) is 11.5 Å². The lowest BCUT2D eigenvalue weighted by Gasteiger charge is -2.21. The largest absolute Gasteiger partial charge is 0.496 e. The van der Waals surface area contributed by atoms with E-state index in [9.17, 15) is 0 Å². The molecule has 114 valence electrons. The fraction of sp³-hybridized carbons (Fsp3) is 0.375. The highest BCUT2D eigenvalue weighted by atomic mass is 32.1. The third-order valence-electron chi connectivity index (χ3n) is 3.49. The van der Waals surface area contributed by atoms with E-state index in [1.165, 1.54) is 9.75 Å². The van der Waals surface area contributed by atoms with Gasteiger partial charge in [0.25, 0.3) is 0 Å². The van der Waals surface area contributed by atoms with E-state index in [1.807, 2.05) is 29.5 Å². The van der Waals surface area contributed by atoms with E-state index in [-0.39, 0.29) is 6.04 Å². The number of aryl methyl sites for hydroxylation is 1. The standard InChI is InChI=1S/C16H22N2O2S/c1-4-11-8-9-12(21-11)10-13(18-17)16-14(19-2)6-5-7-15(16)20-3/h5-9,13,18H,4,10,17H2,1-3H3. The Labute approximate surface area is 129 Å². The average Bonchev–Trinajstić information content (AvgIpc) is 2.99. The zero-order chi connectivity index (χ0) is 15.2. The van der Waals surface area contributed by atoms with E-state index in [0.717, 1.165) is 29.9 Å². The molecule has 0 aliphatic carbocycles. The normalized spacial score (nSPS) is 12.2. The van der Waals surface area contributed by atoms with Crippen LogP contribution in [0.2, 0.25) is 0 Å². The second kappa shape index (κ2) is 7.45. The number of nitrogens with two attached hydrogens (primary N) is 1. The Kier molecular flexibility index (Phi) is 5.61. The third-order valence-corrected chi connectivity index (χ3v) is 4.74. The molecule has 0 aliphatic rings. The summed E-state index contributed by atoms with van der Waals surface area (Å²) in [6.45, 7) is 2.16. The molecule has 2 aromatic rings. The van der Waals surface area contributed by atoms with Crippen molar-refractivity contribution in [3.05, 3.63) is 45.6 Å². The summed E-state index contributed by atoms with van der Waals surface area (Å²) in [6, 6.07) is 10.0. The minimum Gasteiger partial charge on any atom is -0.496 e. The number of rotatable bonds is 7. The van der Waals surface area contributed by atoms with Crippen molar-refractivity contribution in [3.63, 3.8) is 0 Å². The molecule has 1 unspecified atom stereocenters. The summed E-state index contributed by atoms with van der Waals surface area (Å²) in [5.74, 6) is 7.35. The summed E-state index contributed by atoms with van der Waals surface area (Å²) in [5.41, 5.74) is 3.85. The smallest absolute Gasteiger partial charge is 0.127 e. The lowest BCUT2D eigenvalue weighted by atomic mass is 10.0. The molecule has 4 nitrogen and oxygen atoms in total. The van der Waals surface area contributed by atoms with Crippen LogP contribution in [0.4, 0.5) is 0 Å². The number of methoxy groups -OCH3 is 2. The molecule has 0 spiro atoms. The molecule has 0 fully saturated rings. The Hall–Kier alpha value is -1.56. The monoisotopic (exact) mass is 306 g/mol. The van der Waals surface area contributed by atoms with E-state index in [0.29, 0.717) is 0 Å². The van der Waals surface area contributed by atoms with Crippen molar-refractivity contribution >= 4 is 11.3 Å². The number of nitrogens with one attached hydrogen (secondary N) is 1. The van der Waals surface area contributed by atoms with E-state index >= 15 is 0 Å². The van der Waals surface area contributed by atoms with Gasteiger partial charge < -0.3 is 9.47 Å². The van der Waals surface area contributed by atoms with Crippen molar-refractivity contribution in [1.82, 2.24) is 5.43 Å². The van der Waals surface area contributed by atoms with Crippen LogP contribution in [0.25, 0.3) is 0 Å². The van der Waals surface area contributed by atoms with Crippen molar-refractivity contribution < 1.29 is 9.47 Å². The van der Waals surface area contributed by atoms with Crippen LogP contribution in [0.3, 0.4) is 0 Å². The molecule has 0 bridgehead atoms. The first-order valence-electron chi connectivity index (χ1n) is 6.98. The molecule has 1 aromatic carbocycles. The average molecular weight is 306 g/mol. The van der Waals surface area contributed by atoms with Crippen LogP contribution in [0, 0.1) is 0 Å². The predicted molar refractivity (Wildman–Crippen MR) is 87.0 cm³/mol. The molecular formula is C16H22N2O2S. The first-order chi connectivity index (χ1) is 10.2. The number of hydrazine groups is 1. The highest BCUT2D eigenvalue weighted by Crippen LogP contribution is 2.36. The van der Waals surface area contributed by atoms with Crippen LogP contribution in [0.1, 0.15) is 28.3 Å². The van der Waals surface area contributed by atoms with Crippen LogP contribution in [0.15, 0.2) is 30.3 Å². The van der Waals surface area contributed by atoms with Gasteiger partial charge in [0.2, 0.25) is 0 Å². The maximum absolute atomic E-state index is 5.78. The highest BCUT2D eigenvalue weighted by Gasteiger charge is 2.21. The van der Waals surface area contributed by atoms with Crippen LogP contribution in [0.5, 0.6) is 11.5 Å². The number of hydrogen-bond acceptors (Lipinski definition) is 5. The second-order valence-electron chi connectivity index (χ2n) is 4.72. The van der Waals surface area contributed by atoms with Crippen LogP contribution < -0.4 is 20.7 Å². The Morgan fingerprint density at radius 2 is 1.71 bits per heavy atom. The van der Waals surface area contributed by atoms with Crippen LogP contribution in [-0.4, -0.2) is 14.2 Å². The fourth-order valence-electron chi connectivity index (χ4n) is 2.39. The molecule has 1 heterocycles. The Bertz CT molecular complexity index is 561. The SMILES string of the molecule is CCc1ccc(CC(NN)c2c(OC)cccc2OC)s1. The first kappa shape index (κ1) is 15.8. The fourth-order valence-corrected chi connectivity index (χ4v) is 3.39. The van der Waals surface area contributed by atoms with Gasteiger partial charge in [-0.2, -0.15) is 0 Å². The topological polar surface area (TPSA) is 56.5 Å². The van der Waals surface area contributed by atoms with Crippen LogP contribution in [-0.2, 0) is 12.8 Å². The molecular weight excluding hydrogens is 284 g/mol. The third kappa shape index (κ3) is 3.56. The second-order valence-corrected chi connectivity index (χ2v) is 5.97. The molecule has 0 amide bonds. The molecule has 0 saturated heterocycles. The van der Waals surface area contributed by atoms with Gasteiger partial charge in [0.05, 0.1) is 25.8 Å². The maximum Gasteiger partial charge on any atom is 0.127 e. The lowest BCUT2D eigenvalue weighted by Crippen LogP contribution is -2.30. The summed E-state index contributed by atoms with van der Waals surface area (Å²) in [6.07, 6.45) is 1.86. The van der Waals surface area contributed by atoms with Gasteiger partial charge in [-0.1, -0.05) is 13.0 Å². The molecule has 5 heteroatoms. The minimum atomic E-state index is -0.0561. The molecule has 0 aliphatic heterocycles. The van der Waals surface area contributed by atoms with Crippen molar-refractivity contribution in [2.45, 2.75) is 25.8 Å². The predicted octanol–water partition coefficient (Wildman–Crippen LogP) is 3.07. The summed E-state index contributed by atoms with van der Waals surface area (Å²) >= 11 is 1.82. The van der Waals surface area contributed by atoms with Crippen molar-refractivity contribution in [1.29, 1.82) is 0 Å². The van der Waals surface area contributed by atoms with Gasteiger partial charge in [0, 0.05) is 16.2 Å². The van der Waals surface area contributed by atoms with E-state index < -0.39 is 0 Å². The van der Waals surface area contributed by atoms with E-state index in [1.54, 1.807) is 14.2 Å². The van der Waals surface area contributed by atoms with Crippen molar-refractivity contribution in [2.75, 3.05) is 14.2 Å². The number of thiophene rings is 1. The maximum atomic E-state index is 5.78. The van der Waals surface area contributed by atoms with Gasteiger partial charge in [0.1, 0.15) is 11.5 Å². The molecule has 1 atom stereocenters. The molecule has 21 heavy (non-hydrogen) atoms. The summed E-state index contributed by atoms with van der Waals surface area (Å²) < 4.78 is 10.9. The summed E-state index contributed by atoms with van der Waals surface area (Å²) in [5, 5.41) is 0. The number of hydrogen-bond donors (Lipinski definition) is 2. The van der Waals surface area contributed by atoms with Gasteiger partial charge in [-0.05, 0) is 30.7 Å². The van der Waals surface area contributed by atoms with Gasteiger partial charge in [-0.3, -0.25) is 11.3 Å². The number of benzene rings is 1. The zero-order valence-corrected chi connectivity index (χ0v) is 13.5. The first-order valence-corrected chi connectivity index (χ1v) is 7.79. The summed E-state index contributed by atoms with van der Waals surface area (Å²) in [7, 11) is 3.32. The van der Waals surface area contributed by atoms with Gasteiger partial charge in [0.15, 0.2) is 0 Å². The molecule has 1 aromatic heterocycles. The van der Waals surface area contributed by atoms with Crippen LogP contribution >= 0.6 is 11.3 Å². The minimum absolute atomic E-state index is 0.0561. The van der Waals surface area contributed by atoms with Gasteiger partial charge >= 0.3 is 0 Å². The lowest BCUT2D eigenvalue weighted by molar-refractivity contribution is 0.370. The Morgan fingerprint density at radius 1 is 1.10 bits per heavy atom. The van der Waals surface area contributed by atoms with E-state index in [4.69, 9.17) is 15.3 Å². The molecule has 0 saturated carbocycles. The van der Waals surface area contributed by atoms with Gasteiger partial charge in [-0.25, -0.2) is 0 Å². The van der Waals surface area contributed by atoms with Crippen molar-refractivity contribution in [2.24, 2.45) is 5.84 Å². The molecule has 0 radical (unpaired) electrons. The Balaban J connectivity index is 2.32. The zero-order valence-electron chi connectivity index (χ0n) is 12.7. The number of ether oxygens (including phenoxy) is 2. The van der Waals surface area contributed by atoms with E-state index in [2.05, 4.69) is 24.5 Å². The highest BCUT2D eigenvalue weighted by molar-refractivity contribution is 7.11. The summed E-state index contributed by atoms with van der Waals surface area (Å²) in [4.78, 5) is 2.68.